The van der Waals surface area contributed by atoms with Gasteiger partial charge in [-0.25, -0.2) is 4.79 Å². The predicted molar refractivity (Wildman–Crippen MR) is 134 cm³/mol. The molecular formula is C24H40N6O6. The van der Waals surface area contributed by atoms with Crippen molar-refractivity contribution in [2.24, 2.45) is 17.2 Å². The normalized spacial score (nSPS) is 14.2. The minimum Gasteiger partial charge on any atom is -0.480 e. The average molecular weight is 509 g/mol. The van der Waals surface area contributed by atoms with Crippen molar-refractivity contribution >= 4 is 23.7 Å². The zero-order valence-electron chi connectivity index (χ0n) is 20.5. The molecule has 0 aliphatic rings. The van der Waals surface area contributed by atoms with Gasteiger partial charge >= 0.3 is 5.97 Å². The number of hydrogen-bond donors (Lipinski definition) is 8. The van der Waals surface area contributed by atoms with E-state index < -0.39 is 54.5 Å². The first-order valence-corrected chi connectivity index (χ1v) is 12.2. The largest absolute Gasteiger partial charge is 0.480 e. The Morgan fingerprint density at radius 3 is 1.83 bits per heavy atom. The van der Waals surface area contributed by atoms with Gasteiger partial charge in [0.1, 0.15) is 18.1 Å². The van der Waals surface area contributed by atoms with Crippen LogP contribution in [0.3, 0.4) is 0 Å². The minimum atomic E-state index is -1.52. The Hall–Kier alpha value is -3.06. The maximum atomic E-state index is 13.2. The molecule has 4 atom stereocenters. The lowest BCUT2D eigenvalue weighted by molar-refractivity contribution is -0.143. The van der Waals surface area contributed by atoms with Crippen molar-refractivity contribution < 1.29 is 29.4 Å². The van der Waals surface area contributed by atoms with Crippen LogP contribution in [0, 0.1) is 0 Å². The van der Waals surface area contributed by atoms with Gasteiger partial charge in [-0.15, -0.1) is 0 Å². The topological polar surface area (TPSA) is 223 Å². The lowest BCUT2D eigenvalue weighted by atomic mass is 10.0. The highest BCUT2D eigenvalue weighted by atomic mass is 16.4. The number of unbranched alkanes of at least 4 members (excludes halogenated alkanes) is 2. The lowest BCUT2D eigenvalue weighted by Crippen LogP contribution is -2.58. The van der Waals surface area contributed by atoms with E-state index in [9.17, 15) is 24.3 Å². The fourth-order valence-electron chi connectivity index (χ4n) is 3.47. The second-order valence-corrected chi connectivity index (χ2v) is 8.57. The van der Waals surface area contributed by atoms with Crippen molar-refractivity contribution in [2.45, 2.75) is 69.1 Å². The first-order chi connectivity index (χ1) is 17.2. The van der Waals surface area contributed by atoms with Gasteiger partial charge in [-0.2, -0.15) is 0 Å². The molecule has 0 heterocycles. The highest BCUT2D eigenvalue weighted by Gasteiger charge is 2.30. The Kier molecular flexibility index (Phi) is 15.0. The van der Waals surface area contributed by atoms with Crippen molar-refractivity contribution in [3.05, 3.63) is 35.9 Å². The fraction of sp³-hybridized carbons (Fsp3) is 0.583. The molecule has 3 amide bonds. The second-order valence-electron chi connectivity index (χ2n) is 8.57. The van der Waals surface area contributed by atoms with Crippen LogP contribution in [0.25, 0.3) is 0 Å². The smallest absolute Gasteiger partial charge is 0.328 e. The lowest BCUT2D eigenvalue weighted by Gasteiger charge is -2.25. The number of hydrogen-bond acceptors (Lipinski definition) is 8. The van der Waals surface area contributed by atoms with Crippen molar-refractivity contribution in [1.82, 2.24) is 16.0 Å². The number of benzene rings is 1. The number of aliphatic carboxylic acids is 1. The molecule has 0 unspecified atom stereocenters. The summed E-state index contributed by atoms with van der Waals surface area (Å²) in [7, 11) is 0. The maximum absolute atomic E-state index is 13.2. The summed E-state index contributed by atoms with van der Waals surface area (Å²) in [5, 5.41) is 25.9. The van der Waals surface area contributed by atoms with E-state index in [-0.39, 0.29) is 12.8 Å². The molecule has 12 heteroatoms. The quantitative estimate of drug-likeness (QED) is 0.106. The molecule has 202 valence electrons. The van der Waals surface area contributed by atoms with E-state index in [1.54, 1.807) is 24.3 Å². The molecule has 0 fully saturated rings. The SMILES string of the molecule is NCCCC[C@H](NC(=O)[C@H](Cc1ccccc1)NC(=O)[C@@H](N)CCCCN)C(=O)N[C@@H](CO)C(=O)O. The number of carbonyl (C=O) groups excluding carboxylic acids is 3. The van der Waals surface area contributed by atoms with Crippen LogP contribution >= 0.6 is 0 Å². The summed E-state index contributed by atoms with van der Waals surface area (Å²) in [5.41, 5.74) is 17.8. The number of aliphatic hydroxyl groups excluding tert-OH is 1. The standard InChI is InChI=1S/C24H40N6O6/c25-12-6-4-10-17(27)21(32)29-19(14-16-8-2-1-3-9-16)23(34)28-18(11-5-7-13-26)22(33)30-20(15-31)24(35)36/h1-3,8-9,17-20,31H,4-7,10-15,25-27H2,(H,28,34)(H,29,32)(H,30,33)(H,35,36)/t17-,18-,19-,20-/m0/s1. The van der Waals surface area contributed by atoms with E-state index >= 15 is 0 Å². The Balaban J connectivity index is 3.02. The molecule has 1 aromatic carbocycles. The molecule has 0 aromatic heterocycles. The summed E-state index contributed by atoms with van der Waals surface area (Å²) < 4.78 is 0. The molecule has 0 saturated carbocycles. The van der Waals surface area contributed by atoms with Gasteiger partial charge in [0.25, 0.3) is 0 Å². The van der Waals surface area contributed by atoms with Gasteiger partial charge in [0.05, 0.1) is 12.6 Å². The fourth-order valence-corrected chi connectivity index (χ4v) is 3.47. The van der Waals surface area contributed by atoms with Crippen molar-refractivity contribution in [3.8, 4) is 0 Å². The van der Waals surface area contributed by atoms with Crippen LogP contribution in [-0.4, -0.2) is 77.8 Å². The molecule has 0 radical (unpaired) electrons. The Morgan fingerprint density at radius 2 is 1.28 bits per heavy atom. The van der Waals surface area contributed by atoms with Crippen LogP contribution in [0.4, 0.5) is 0 Å². The van der Waals surface area contributed by atoms with Crippen molar-refractivity contribution in [3.63, 3.8) is 0 Å². The number of nitrogens with one attached hydrogen (secondary N) is 3. The number of rotatable bonds is 18. The van der Waals surface area contributed by atoms with Gasteiger partial charge in [0, 0.05) is 6.42 Å². The predicted octanol–water partition coefficient (Wildman–Crippen LogP) is -1.65. The van der Waals surface area contributed by atoms with E-state index in [4.69, 9.17) is 22.3 Å². The highest BCUT2D eigenvalue weighted by molar-refractivity contribution is 5.94. The molecule has 0 bridgehead atoms. The number of amides is 3. The number of carbonyl (C=O) groups is 4. The summed E-state index contributed by atoms with van der Waals surface area (Å²) in [4.78, 5) is 49.9. The number of nitrogens with two attached hydrogens (primary N) is 3. The van der Waals surface area contributed by atoms with Gasteiger partial charge < -0.3 is 43.4 Å². The third-order valence-electron chi connectivity index (χ3n) is 5.60. The molecule has 0 saturated heterocycles. The molecule has 0 aliphatic heterocycles. The first-order valence-electron chi connectivity index (χ1n) is 12.2. The summed E-state index contributed by atoms with van der Waals surface area (Å²) in [6.45, 7) is 0.0602. The van der Waals surface area contributed by atoms with Crippen LogP contribution < -0.4 is 33.2 Å². The summed E-state index contributed by atoms with van der Waals surface area (Å²) in [5.74, 6) is -3.29. The van der Waals surface area contributed by atoms with E-state index in [0.717, 1.165) is 12.0 Å². The second kappa shape index (κ2) is 17.4. The molecule has 11 N–H and O–H groups in total. The zero-order chi connectivity index (χ0) is 26.9. The van der Waals surface area contributed by atoms with E-state index in [0.29, 0.717) is 38.8 Å². The van der Waals surface area contributed by atoms with Crippen LogP contribution in [0.15, 0.2) is 30.3 Å². The average Bonchev–Trinajstić information content (AvgIpc) is 2.86. The highest BCUT2D eigenvalue weighted by Crippen LogP contribution is 2.08. The number of carboxylic acid groups (broad SMARTS) is 1. The molecule has 0 spiro atoms. The zero-order valence-corrected chi connectivity index (χ0v) is 20.5. The Bertz CT molecular complexity index is 825. The minimum absolute atomic E-state index is 0.152. The molecule has 1 rings (SSSR count). The molecule has 1 aromatic rings. The van der Waals surface area contributed by atoms with Crippen LogP contribution in [0.5, 0.6) is 0 Å². The number of aliphatic hydroxyl groups is 1. The van der Waals surface area contributed by atoms with Crippen LogP contribution in [0.1, 0.15) is 44.1 Å². The van der Waals surface area contributed by atoms with E-state index in [2.05, 4.69) is 16.0 Å². The van der Waals surface area contributed by atoms with Crippen molar-refractivity contribution in [2.75, 3.05) is 19.7 Å². The number of carboxylic acids is 1. The van der Waals surface area contributed by atoms with Crippen LogP contribution in [-0.2, 0) is 25.6 Å². The maximum Gasteiger partial charge on any atom is 0.328 e. The Morgan fingerprint density at radius 1 is 0.750 bits per heavy atom. The van der Waals surface area contributed by atoms with Crippen LogP contribution in [0.2, 0.25) is 0 Å². The summed E-state index contributed by atoms with van der Waals surface area (Å²) in [6, 6.07) is 4.57. The van der Waals surface area contributed by atoms with Gasteiger partial charge in [0.15, 0.2) is 0 Å². The summed E-state index contributed by atoms with van der Waals surface area (Å²) >= 11 is 0. The van der Waals surface area contributed by atoms with Gasteiger partial charge in [-0.3, -0.25) is 14.4 Å². The summed E-state index contributed by atoms with van der Waals surface area (Å²) in [6.07, 6.45) is 3.22. The van der Waals surface area contributed by atoms with E-state index in [1.807, 2.05) is 6.07 Å². The third kappa shape index (κ3) is 11.6. The molecule has 0 aliphatic carbocycles. The van der Waals surface area contributed by atoms with Crippen molar-refractivity contribution in [1.29, 1.82) is 0 Å². The van der Waals surface area contributed by atoms with Gasteiger partial charge in [-0.1, -0.05) is 36.8 Å². The molecular weight excluding hydrogens is 468 g/mol. The van der Waals surface area contributed by atoms with Gasteiger partial charge in [0.2, 0.25) is 17.7 Å². The molecule has 36 heavy (non-hydrogen) atoms. The van der Waals surface area contributed by atoms with E-state index in [1.165, 1.54) is 0 Å². The molecule has 12 nitrogen and oxygen atoms in total. The monoisotopic (exact) mass is 508 g/mol. The third-order valence-corrected chi connectivity index (χ3v) is 5.60. The Labute approximate surface area is 211 Å². The van der Waals surface area contributed by atoms with Gasteiger partial charge in [-0.05, 0) is 50.8 Å². The first kappa shape index (κ1) is 31.0.